The van der Waals surface area contributed by atoms with Crippen molar-refractivity contribution in [3.05, 3.63) is 45.3 Å². The molecule has 7 nitrogen and oxygen atoms in total. The highest BCUT2D eigenvalue weighted by molar-refractivity contribution is 7.16. The minimum Gasteiger partial charge on any atom is -0.481 e. The monoisotopic (exact) mass is 559 g/mol. The van der Waals surface area contributed by atoms with Crippen molar-refractivity contribution in [1.29, 1.82) is 0 Å². The number of piperidine rings is 1. The Morgan fingerprint density at radius 3 is 2.73 bits per heavy atom. The van der Waals surface area contributed by atoms with Gasteiger partial charge >= 0.3 is 5.97 Å². The Morgan fingerprint density at radius 1 is 1.16 bits per heavy atom. The van der Waals surface area contributed by atoms with Crippen LogP contribution in [0.25, 0.3) is 10.2 Å². The van der Waals surface area contributed by atoms with Gasteiger partial charge in [-0.15, -0.1) is 11.3 Å². The molecule has 4 heterocycles. The van der Waals surface area contributed by atoms with Crippen LogP contribution < -0.4 is 10.2 Å². The van der Waals surface area contributed by atoms with Gasteiger partial charge in [-0.05, 0) is 80.1 Å². The van der Waals surface area contributed by atoms with E-state index in [1.165, 1.54) is 12.8 Å². The third-order valence-corrected chi connectivity index (χ3v) is 9.79. The minimum atomic E-state index is -0.637. The summed E-state index contributed by atoms with van der Waals surface area (Å²) in [7, 11) is 0. The smallest absolute Gasteiger partial charge is 0.306 e. The van der Waals surface area contributed by atoms with Crippen LogP contribution in [-0.2, 0) is 4.79 Å². The minimum absolute atomic E-state index is 0.0415. The van der Waals surface area contributed by atoms with Gasteiger partial charge in [-0.3, -0.25) is 4.79 Å². The van der Waals surface area contributed by atoms with E-state index in [9.17, 15) is 9.90 Å². The molecule has 2 saturated heterocycles. The third-order valence-electron chi connectivity index (χ3n) is 8.42. The molecule has 0 bridgehead atoms. The van der Waals surface area contributed by atoms with Crippen LogP contribution in [0.2, 0.25) is 10.0 Å². The number of aromatic nitrogens is 2. The first-order valence-electron chi connectivity index (χ1n) is 13.0. The van der Waals surface area contributed by atoms with Crippen LogP contribution >= 0.6 is 34.5 Å². The molecule has 0 radical (unpaired) electrons. The van der Waals surface area contributed by atoms with Crippen LogP contribution in [0.4, 0.5) is 11.8 Å². The number of hydrogen-bond donors (Lipinski definition) is 2. The lowest BCUT2D eigenvalue weighted by Crippen LogP contribution is -2.56. The molecule has 2 aliphatic heterocycles. The summed E-state index contributed by atoms with van der Waals surface area (Å²) < 4.78 is 0. The summed E-state index contributed by atoms with van der Waals surface area (Å²) in [6, 6.07) is 8.05. The zero-order valence-corrected chi connectivity index (χ0v) is 23.1. The van der Waals surface area contributed by atoms with Crippen molar-refractivity contribution in [2.24, 2.45) is 17.8 Å². The molecule has 2 N–H and O–H groups in total. The Labute approximate surface area is 230 Å². The van der Waals surface area contributed by atoms with Crippen molar-refractivity contribution >= 4 is 62.5 Å². The van der Waals surface area contributed by atoms with E-state index >= 15 is 0 Å². The van der Waals surface area contributed by atoms with Crippen LogP contribution in [0.15, 0.2) is 29.6 Å². The highest BCUT2D eigenvalue weighted by Gasteiger charge is 2.42. The number of fused-ring (bicyclic) bond motifs is 1. The highest BCUT2D eigenvalue weighted by atomic mass is 35.5. The van der Waals surface area contributed by atoms with Gasteiger partial charge in [-0.2, -0.15) is 4.98 Å². The van der Waals surface area contributed by atoms with Crippen molar-refractivity contribution in [2.45, 2.75) is 44.7 Å². The lowest BCUT2D eigenvalue weighted by atomic mass is 9.76. The summed E-state index contributed by atoms with van der Waals surface area (Å²) in [5.41, 5.74) is 0.974. The molecule has 2 aromatic heterocycles. The molecule has 2 atom stereocenters. The van der Waals surface area contributed by atoms with Crippen molar-refractivity contribution in [2.75, 3.05) is 36.4 Å². The first-order valence-corrected chi connectivity index (χ1v) is 14.7. The number of carboxylic acids is 1. The topological polar surface area (TPSA) is 81.6 Å². The zero-order valence-electron chi connectivity index (χ0n) is 20.7. The quantitative estimate of drug-likeness (QED) is 0.357. The second-order valence-corrected chi connectivity index (χ2v) is 12.5. The molecule has 0 amide bonds. The maximum Gasteiger partial charge on any atom is 0.306 e. The summed E-state index contributed by atoms with van der Waals surface area (Å²) in [6.45, 7) is 6.20. The van der Waals surface area contributed by atoms with E-state index in [1.807, 2.05) is 12.1 Å². The second-order valence-electron chi connectivity index (χ2n) is 10.8. The first kappa shape index (κ1) is 25.2. The second kappa shape index (κ2) is 10.2. The number of thiophene rings is 1. The molecule has 37 heavy (non-hydrogen) atoms. The molecular weight excluding hydrogens is 529 g/mol. The molecule has 1 aliphatic carbocycles. The van der Waals surface area contributed by atoms with Gasteiger partial charge in [-0.25, -0.2) is 4.98 Å². The van der Waals surface area contributed by atoms with Crippen LogP contribution in [0.3, 0.4) is 0 Å². The summed E-state index contributed by atoms with van der Waals surface area (Å²) in [6.07, 6.45) is 4.07. The molecule has 1 saturated carbocycles. The fourth-order valence-corrected chi connectivity index (χ4v) is 7.38. The standard InChI is InChI=1S/C27H31Cl2N5O2S/c1-15(21-5-4-19(28)11-23(21)29)30-24-22-6-8-37-25(22)32-27(31-24)34-13-18(14-34)16-3-2-7-33(12-16)20-9-17(10-20)26(35)36/h4-6,8,11,15-18,20H,2-3,7,9-10,12-14H2,1H3,(H,35,36)(H,30,31,32)/t15-,16+,17-,20+/m1/s1. The molecule has 10 heteroatoms. The fourth-order valence-electron chi connectivity index (χ4n) is 6.05. The predicted octanol–water partition coefficient (Wildman–Crippen LogP) is 6.18. The number of benzene rings is 1. The molecule has 3 fully saturated rings. The van der Waals surface area contributed by atoms with Gasteiger partial charge in [0.25, 0.3) is 0 Å². The maximum atomic E-state index is 11.2. The molecule has 1 aromatic carbocycles. The first-order chi connectivity index (χ1) is 17.9. The molecule has 0 unspecified atom stereocenters. The van der Waals surface area contributed by atoms with Crippen molar-refractivity contribution in [3.63, 3.8) is 0 Å². The number of halogens is 2. The Hall–Kier alpha value is -2.13. The average molecular weight is 561 g/mol. The Kier molecular flexibility index (Phi) is 6.94. The van der Waals surface area contributed by atoms with E-state index in [-0.39, 0.29) is 12.0 Å². The van der Waals surface area contributed by atoms with E-state index in [2.05, 4.69) is 33.5 Å². The van der Waals surface area contributed by atoms with Gasteiger partial charge in [0, 0.05) is 35.7 Å². The lowest BCUT2D eigenvalue weighted by Gasteiger charge is -2.50. The fraction of sp³-hybridized carbons (Fsp3) is 0.519. The Morgan fingerprint density at radius 2 is 1.97 bits per heavy atom. The number of carbonyl (C=O) groups is 1. The Bertz CT molecular complexity index is 1310. The van der Waals surface area contributed by atoms with Gasteiger partial charge in [0.05, 0.1) is 17.3 Å². The van der Waals surface area contributed by atoms with E-state index in [1.54, 1.807) is 17.4 Å². The predicted molar refractivity (Wildman–Crippen MR) is 150 cm³/mol. The van der Waals surface area contributed by atoms with Gasteiger partial charge in [0.1, 0.15) is 10.6 Å². The third kappa shape index (κ3) is 5.01. The number of anilines is 2. The largest absolute Gasteiger partial charge is 0.481 e. The van der Waals surface area contributed by atoms with E-state index in [0.29, 0.717) is 27.9 Å². The summed E-state index contributed by atoms with van der Waals surface area (Å²) in [5.74, 6) is 2.11. The van der Waals surface area contributed by atoms with Crippen molar-refractivity contribution in [1.82, 2.24) is 14.9 Å². The van der Waals surface area contributed by atoms with Crippen LogP contribution in [0.5, 0.6) is 0 Å². The van der Waals surface area contributed by atoms with Gasteiger partial charge in [0.2, 0.25) is 5.95 Å². The van der Waals surface area contributed by atoms with E-state index in [0.717, 1.165) is 66.6 Å². The molecule has 3 aliphatic rings. The highest BCUT2D eigenvalue weighted by Crippen LogP contribution is 2.39. The number of carboxylic acid groups (broad SMARTS) is 1. The van der Waals surface area contributed by atoms with E-state index < -0.39 is 5.97 Å². The number of hydrogen-bond acceptors (Lipinski definition) is 7. The summed E-state index contributed by atoms with van der Waals surface area (Å²) in [5, 5.41) is 17.1. The molecule has 6 rings (SSSR count). The van der Waals surface area contributed by atoms with E-state index in [4.69, 9.17) is 33.2 Å². The Balaban J connectivity index is 1.12. The average Bonchev–Trinajstić information content (AvgIpc) is 3.26. The maximum absolute atomic E-state index is 11.2. The van der Waals surface area contributed by atoms with Crippen LogP contribution in [0.1, 0.15) is 44.2 Å². The number of rotatable bonds is 7. The number of aliphatic carboxylic acids is 1. The summed E-state index contributed by atoms with van der Waals surface area (Å²) in [4.78, 5) is 26.9. The van der Waals surface area contributed by atoms with Crippen LogP contribution in [-0.4, -0.2) is 58.2 Å². The van der Waals surface area contributed by atoms with Crippen molar-refractivity contribution in [3.8, 4) is 0 Å². The molecule has 3 aromatic rings. The SMILES string of the molecule is C[C@@H](Nc1nc(N2CC([C@H]3CCCN([C@H]4C[C@@H](C(=O)O)C4)C3)C2)nc2sccc12)c1ccc(Cl)cc1Cl. The van der Waals surface area contributed by atoms with Gasteiger partial charge < -0.3 is 20.2 Å². The molecule has 0 spiro atoms. The lowest BCUT2D eigenvalue weighted by molar-refractivity contribution is -0.147. The van der Waals surface area contributed by atoms with Crippen molar-refractivity contribution < 1.29 is 9.90 Å². The summed E-state index contributed by atoms with van der Waals surface area (Å²) >= 11 is 14.2. The zero-order chi connectivity index (χ0) is 25.7. The number of nitrogens with one attached hydrogen (secondary N) is 1. The van der Waals surface area contributed by atoms with Crippen LogP contribution in [0, 0.1) is 17.8 Å². The molecular formula is C27H31Cl2N5O2S. The number of likely N-dealkylation sites (tertiary alicyclic amines) is 1. The van der Waals surface area contributed by atoms with Gasteiger partial charge in [0.15, 0.2) is 0 Å². The normalized spacial score (nSPS) is 25.5. The number of nitrogens with zero attached hydrogens (tertiary/aromatic N) is 4. The van der Waals surface area contributed by atoms with Gasteiger partial charge in [-0.1, -0.05) is 29.3 Å². The molecule has 196 valence electrons.